The molecule has 2 N–H and O–H groups in total. The van der Waals surface area contributed by atoms with Crippen LogP contribution in [0.1, 0.15) is 13.8 Å². The molecule has 0 spiro atoms. The van der Waals surface area contributed by atoms with Crippen molar-refractivity contribution in [2.75, 3.05) is 23.7 Å². The van der Waals surface area contributed by atoms with E-state index < -0.39 is 4.92 Å². The van der Waals surface area contributed by atoms with Crippen LogP contribution in [0.2, 0.25) is 0 Å². The highest BCUT2D eigenvalue weighted by Gasteiger charge is 2.27. The predicted molar refractivity (Wildman–Crippen MR) is 69.7 cm³/mol. The van der Waals surface area contributed by atoms with Crippen molar-refractivity contribution in [1.29, 1.82) is 0 Å². The number of morpholine rings is 1. The molecule has 1 aromatic rings. The van der Waals surface area contributed by atoms with Gasteiger partial charge in [0.2, 0.25) is 0 Å². The van der Waals surface area contributed by atoms with Crippen LogP contribution in [0.4, 0.5) is 17.1 Å². The lowest BCUT2D eigenvalue weighted by Gasteiger charge is -2.36. The van der Waals surface area contributed by atoms with Gasteiger partial charge in [0.1, 0.15) is 5.69 Å². The predicted octanol–water partition coefficient (Wildman–Crippen LogP) is 1.79. The zero-order chi connectivity index (χ0) is 13.3. The lowest BCUT2D eigenvalue weighted by Crippen LogP contribution is -2.45. The van der Waals surface area contributed by atoms with Crippen molar-refractivity contribution in [3.63, 3.8) is 0 Å². The van der Waals surface area contributed by atoms with Gasteiger partial charge >= 0.3 is 0 Å². The van der Waals surface area contributed by atoms with Crippen molar-refractivity contribution >= 4 is 17.1 Å². The monoisotopic (exact) mass is 251 g/mol. The van der Waals surface area contributed by atoms with Gasteiger partial charge in [-0.1, -0.05) is 0 Å². The summed E-state index contributed by atoms with van der Waals surface area (Å²) in [5, 5.41) is 11.1. The molecule has 6 nitrogen and oxygen atoms in total. The third-order valence-electron chi connectivity index (χ3n) is 2.96. The topological polar surface area (TPSA) is 81.6 Å². The van der Waals surface area contributed by atoms with Crippen LogP contribution >= 0.6 is 0 Å². The SMILES string of the molecule is CC1CN(c2ccc(N)cc2[N+](=O)[O-])CC(C)O1. The molecule has 0 bridgehead atoms. The van der Waals surface area contributed by atoms with Gasteiger partial charge in [0.25, 0.3) is 5.69 Å². The Labute approximate surface area is 105 Å². The van der Waals surface area contributed by atoms with Crippen molar-refractivity contribution in [2.24, 2.45) is 0 Å². The highest BCUT2D eigenvalue weighted by atomic mass is 16.6. The van der Waals surface area contributed by atoms with E-state index in [4.69, 9.17) is 10.5 Å². The molecule has 1 aromatic carbocycles. The Morgan fingerprint density at radius 2 is 2.00 bits per heavy atom. The van der Waals surface area contributed by atoms with E-state index in [0.717, 1.165) is 0 Å². The maximum atomic E-state index is 11.1. The lowest BCUT2D eigenvalue weighted by atomic mass is 10.1. The summed E-state index contributed by atoms with van der Waals surface area (Å²) in [6.07, 6.45) is 0.122. The third kappa shape index (κ3) is 2.53. The van der Waals surface area contributed by atoms with E-state index in [2.05, 4.69) is 0 Å². The minimum absolute atomic E-state index is 0.0521. The second-order valence-electron chi connectivity index (χ2n) is 4.67. The highest BCUT2D eigenvalue weighted by Crippen LogP contribution is 2.32. The summed E-state index contributed by atoms with van der Waals surface area (Å²) < 4.78 is 5.63. The van der Waals surface area contributed by atoms with E-state index >= 15 is 0 Å². The molecule has 0 aliphatic carbocycles. The van der Waals surface area contributed by atoms with Gasteiger partial charge in [0, 0.05) is 24.8 Å². The average molecular weight is 251 g/mol. The van der Waals surface area contributed by atoms with Crippen LogP contribution in [-0.2, 0) is 4.74 Å². The molecule has 2 unspecified atom stereocenters. The Kier molecular flexibility index (Phi) is 3.38. The zero-order valence-corrected chi connectivity index (χ0v) is 10.5. The van der Waals surface area contributed by atoms with Crippen LogP contribution in [0.3, 0.4) is 0 Å². The molecule has 1 aliphatic heterocycles. The molecule has 0 aromatic heterocycles. The van der Waals surface area contributed by atoms with Gasteiger partial charge in [-0.25, -0.2) is 0 Å². The zero-order valence-electron chi connectivity index (χ0n) is 10.5. The molecular formula is C12H17N3O3. The first-order valence-corrected chi connectivity index (χ1v) is 5.91. The van der Waals surface area contributed by atoms with Gasteiger partial charge < -0.3 is 15.4 Å². The molecule has 98 valence electrons. The summed E-state index contributed by atoms with van der Waals surface area (Å²) >= 11 is 0. The van der Waals surface area contributed by atoms with Gasteiger partial charge in [-0.3, -0.25) is 10.1 Å². The standard InChI is InChI=1S/C12H17N3O3/c1-8-6-14(7-9(2)18-8)11-4-3-10(13)5-12(11)15(16)17/h3-5,8-9H,6-7,13H2,1-2H3. The largest absolute Gasteiger partial charge is 0.399 e. The highest BCUT2D eigenvalue weighted by molar-refractivity contribution is 5.68. The molecule has 2 atom stereocenters. The van der Waals surface area contributed by atoms with E-state index in [-0.39, 0.29) is 17.9 Å². The van der Waals surface area contributed by atoms with Crippen LogP contribution in [0, 0.1) is 10.1 Å². The van der Waals surface area contributed by atoms with E-state index in [1.54, 1.807) is 12.1 Å². The van der Waals surface area contributed by atoms with Crippen LogP contribution in [-0.4, -0.2) is 30.2 Å². The van der Waals surface area contributed by atoms with E-state index in [9.17, 15) is 10.1 Å². The van der Waals surface area contributed by atoms with Gasteiger partial charge in [-0.2, -0.15) is 0 Å². The fourth-order valence-electron chi connectivity index (χ4n) is 2.33. The number of ether oxygens (including phenoxy) is 1. The summed E-state index contributed by atoms with van der Waals surface area (Å²) in [5.74, 6) is 0. The molecule has 6 heteroatoms. The minimum atomic E-state index is -0.392. The van der Waals surface area contributed by atoms with E-state index in [1.807, 2.05) is 18.7 Å². The molecule has 1 aliphatic rings. The lowest BCUT2D eigenvalue weighted by molar-refractivity contribution is -0.384. The maximum absolute atomic E-state index is 11.1. The molecule has 1 saturated heterocycles. The van der Waals surface area contributed by atoms with Crippen LogP contribution in [0.5, 0.6) is 0 Å². The summed E-state index contributed by atoms with van der Waals surface area (Å²) in [6, 6.07) is 4.80. The van der Waals surface area contributed by atoms with Crippen molar-refractivity contribution in [1.82, 2.24) is 0 Å². The van der Waals surface area contributed by atoms with E-state index in [1.165, 1.54) is 6.07 Å². The molecule has 18 heavy (non-hydrogen) atoms. The van der Waals surface area contributed by atoms with Gasteiger partial charge in [0.05, 0.1) is 17.1 Å². The first kappa shape index (κ1) is 12.6. The number of nitro benzene ring substituents is 1. The van der Waals surface area contributed by atoms with Crippen LogP contribution in [0.25, 0.3) is 0 Å². The van der Waals surface area contributed by atoms with Crippen LogP contribution in [0.15, 0.2) is 18.2 Å². The summed E-state index contributed by atoms with van der Waals surface area (Å²) in [6.45, 7) is 5.22. The number of nitro groups is 1. The second-order valence-corrected chi connectivity index (χ2v) is 4.67. The Morgan fingerprint density at radius 1 is 1.39 bits per heavy atom. The average Bonchev–Trinajstić information content (AvgIpc) is 2.27. The van der Waals surface area contributed by atoms with Gasteiger partial charge in [-0.05, 0) is 26.0 Å². The summed E-state index contributed by atoms with van der Waals surface area (Å²) in [7, 11) is 0. The quantitative estimate of drug-likeness (QED) is 0.492. The third-order valence-corrected chi connectivity index (χ3v) is 2.96. The van der Waals surface area contributed by atoms with E-state index in [0.29, 0.717) is 24.5 Å². The van der Waals surface area contributed by atoms with Crippen molar-refractivity contribution in [2.45, 2.75) is 26.1 Å². The Morgan fingerprint density at radius 3 is 2.56 bits per heavy atom. The van der Waals surface area contributed by atoms with Crippen LogP contribution < -0.4 is 10.6 Å². The molecule has 0 saturated carbocycles. The van der Waals surface area contributed by atoms with Crippen molar-refractivity contribution in [3.8, 4) is 0 Å². The molecule has 2 rings (SSSR count). The number of anilines is 2. The molecule has 1 fully saturated rings. The molecule has 1 heterocycles. The molecular weight excluding hydrogens is 234 g/mol. The van der Waals surface area contributed by atoms with Crippen molar-refractivity contribution < 1.29 is 9.66 Å². The Bertz CT molecular complexity index is 454. The Hall–Kier alpha value is -1.82. The fourth-order valence-corrected chi connectivity index (χ4v) is 2.33. The van der Waals surface area contributed by atoms with Crippen molar-refractivity contribution in [3.05, 3.63) is 28.3 Å². The normalized spacial score (nSPS) is 24.0. The molecule has 0 radical (unpaired) electrons. The number of nitrogens with zero attached hydrogens (tertiary/aromatic N) is 2. The Balaban J connectivity index is 2.35. The van der Waals surface area contributed by atoms with Gasteiger partial charge in [-0.15, -0.1) is 0 Å². The summed E-state index contributed by atoms with van der Waals surface area (Å²) in [4.78, 5) is 12.7. The second kappa shape index (κ2) is 4.81. The first-order chi connectivity index (χ1) is 8.47. The maximum Gasteiger partial charge on any atom is 0.294 e. The number of nitrogens with two attached hydrogens (primary N) is 1. The van der Waals surface area contributed by atoms with Gasteiger partial charge in [0.15, 0.2) is 0 Å². The minimum Gasteiger partial charge on any atom is -0.399 e. The number of benzene rings is 1. The molecule has 0 amide bonds. The fraction of sp³-hybridized carbons (Fsp3) is 0.500. The summed E-state index contributed by atoms with van der Waals surface area (Å²) in [5.41, 5.74) is 6.66. The smallest absolute Gasteiger partial charge is 0.294 e. The number of hydrogen-bond donors (Lipinski definition) is 1. The first-order valence-electron chi connectivity index (χ1n) is 5.91. The number of nitrogen functional groups attached to an aromatic ring is 1. The number of hydrogen-bond acceptors (Lipinski definition) is 5. The number of rotatable bonds is 2.